The van der Waals surface area contributed by atoms with Gasteiger partial charge in [0.05, 0.1) is 0 Å². The van der Waals surface area contributed by atoms with Crippen molar-refractivity contribution in [3.8, 4) is 5.88 Å². The van der Waals surface area contributed by atoms with Crippen molar-refractivity contribution < 1.29 is 17.9 Å². The van der Waals surface area contributed by atoms with Gasteiger partial charge < -0.3 is 10.5 Å². The minimum absolute atomic E-state index is 0.0504. The van der Waals surface area contributed by atoms with Gasteiger partial charge in [0.1, 0.15) is 0 Å². The van der Waals surface area contributed by atoms with Crippen LogP contribution in [0.25, 0.3) is 0 Å². The number of nitrogens with zero attached hydrogens (tertiary/aromatic N) is 1. The van der Waals surface area contributed by atoms with E-state index in [0.717, 1.165) is 5.56 Å². The molecule has 96 valence electrons. The van der Waals surface area contributed by atoms with Crippen molar-refractivity contribution in [2.45, 2.75) is 18.6 Å². The molecule has 1 heterocycles. The molecule has 1 atom stereocenters. The highest BCUT2D eigenvalue weighted by Gasteiger charge is 2.28. The van der Waals surface area contributed by atoms with Gasteiger partial charge in [-0.1, -0.05) is 6.07 Å². The molecule has 17 heavy (non-hydrogen) atoms. The molecule has 7 heteroatoms. The first kappa shape index (κ1) is 14.1. The van der Waals surface area contributed by atoms with Gasteiger partial charge in [-0.05, 0) is 12.0 Å². The van der Waals surface area contributed by atoms with Gasteiger partial charge in [-0.15, -0.1) is 0 Å². The van der Waals surface area contributed by atoms with Crippen molar-refractivity contribution in [2.24, 2.45) is 5.73 Å². The molecule has 0 saturated heterocycles. The lowest BCUT2D eigenvalue weighted by Gasteiger charge is -2.10. The third-order valence-electron chi connectivity index (χ3n) is 1.91. The second-order valence-electron chi connectivity index (χ2n) is 3.56. The number of hydrogen-bond donors (Lipinski definition) is 2. The molecule has 0 amide bonds. The van der Waals surface area contributed by atoms with E-state index in [1.165, 1.54) is 12.3 Å². The fourth-order valence-electron chi connectivity index (χ4n) is 1.14. The van der Waals surface area contributed by atoms with Crippen molar-refractivity contribution in [1.82, 2.24) is 4.98 Å². The molecule has 0 aliphatic carbocycles. The summed E-state index contributed by atoms with van der Waals surface area (Å²) in [5.41, 5.74) is 6.51. The quantitative estimate of drug-likeness (QED) is 0.799. The van der Waals surface area contributed by atoms with Gasteiger partial charge in [0.15, 0.2) is 6.61 Å². The Labute approximate surface area is 103 Å². The first-order valence-corrected chi connectivity index (χ1v) is 5.55. The number of alkyl halides is 3. The van der Waals surface area contributed by atoms with Crippen LogP contribution in [0.3, 0.4) is 0 Å². The number of rotatable bonds is 5. The van der Waals surface area contributed by atoms with Crippen LogP contribution >= 0.6 is 12.6 Å². The first-order chi connectivity index (χ1) is 7.90. The Hall–Kier alpha value is -0.950. The largest absolute Gasteiger partial charge is 0.468 e. The first-order valence-electron chi connectivity index (χ1n) is 4.91. The molecule has 0 radical (unpaired) electrons. The average molecular weight is 266 g/mol. The van der Waals surface area contributed by atoms with E-state index in [4.69, 9.17) is 5.73 Å². The van der Waals surface area contributed by atoms with Crippen molar-refractivity contribution in [3.05, 3.63) is 23.9 Å². The Kier molecular flexibility index (Phi) is 5.07. The van der Waals surface area contributed by atoms with E-state index in [-0.39, 0.29) is 11.9 Å². The van der Waals surface area contributed by atoms with Gasteiger partial charge in [-0.3, -0.25) is 0 Å². The van der Waals surface area contributed by atoms with Crippen molar-refractivity contribution in [3.63, 3.8) is 0 Å². The van der Waals surface area contributed by atoms with Crippen molar-refractivity contribution >= 4 is 12.6 Å². The third kappa shape index (κ3) is 5.78. The van der Waals surface area contributed by atoms with Crippen LogP contribution < -0.4 is 10.5 Å². The van der Waals surface area contributed by atoms with E-state index in [2.05, 4.69) is 22.3 Å². The molecular weight excluding hydrogens is 253 g/mol. The Balaban J connectivity index is 2.50. The highest BCUT2D eigenvalue weighted by molar-refractivity contribution is 7.80. The summed E-state index contributed by atoms with van der Waals surface area (Å²) >= 11 is 4.04. The highest BCUT2D eigenvalue weighted by Crippen LogP contribution is 2.17. The van der Waals surface area contributed by atoms with Crippen LogP contribution in [0, 0.1) is 0 Å². The smallest absolute Gasteiger partial charge is 0.422 e. The summed E-state index contributed by atoms with van der Waals surface area (Å²) in [5, 5.41) is 0. The van der Waals surface area contributed by atoms with Gasteiger partial charge >= 0.3 is 6.18 Å². The lowest BCUT2D eigenvalue weighted by atomic mass is 10.1. The third-order valence-corrected chi connectivity index (χ3v) is 2.38. The fraction of sp³-hybridized carbons (Fsp3) is 0.500. The van der Waals surface area contributed by atoms with Crippen LogP contribution in [0.5, 0.6) is 5.88 Å². The molecule has 0 fully saturated rings. The topological polar surface area (TPSA) is 48.1 Å². The second kappa shape index (κ2) is 6.11. The number of halogens is 3. The molecule has 0 saturated carbocycles. The summed E-state index contributed by atoms with van der Waals surface area (Å²) in [6, 6.07) is 2.94. The minimum Gasteiger partial charge on any atom is -0.468 e. The predicted molar refractivity (Wildman–Crippen MR) is 61.3 cm³/mol. The number of hydrogen-bond acceptors (Lipinski definition) is 4. The number of ether oxygens (including phenoxy) is 1. The molecule has 1 aromatic rings. The molecule has 1 aromatic heterocycles. The van der Waals surface area contributed by atoms with Crippen LogP contribution in [0.4, 0.5) is 13.2 Å². The molecule has 1 unspecified atom stereocenters. The zero-order chi connectivity index (χ0) is 12.9. The maximum Gasteiger partial charge on any atom is 0.422 e. The fourth-order valence-corrected chi connectivity index (χ4v) is 1.27. The SMILES string of the molecule is NC(CS)Cc1ccc(OCC(F)(F)F)nc1. The van der Waals surface area contributed by atoms with E-state index >= 15 is 0 Å². The number of thiol groups is 1. The van der Waals surface area contributed by atoms with Crippen molar-refractivity contribution in [1.29, 1.82) is 0 Å². The maximum atomic E-state index is 11.9. The Bertz CT molecular complexity index is 342. The van der Waals surface area contributed by atoms with Crippen molar-refractivity contribution in [2.75, 3.05) is 12.4 Å². The van der Waals surface area contributed by atoms with Gasteiger partial charge in [-0.25, -0.2) is 4.98 Å². The zero-order valence-corrected chi connectivity index (χ0v) is 9.84. The van der Waals surface area contributed by atoms with Gasteiger partial charge in [0, 0.05) is 24.1 Å². The van der Waals surface area contributed by atoms with E-state index in [0.29, 0.717) is 12.2 Å². The van der Waals surface area contributed by atoms with Crippen LogP contribution in [0.15, 0.2) is 18.3 Å². The molecular formula is C10H13F3N2OS. The Morgan fingerprint density at radius 2 is 2.12 bits per heavy atom. The Morgan fingerprint density at radius 3 is 2.59 bits per heavy atom. The average Bonchev–Trinajstić information content (AvgIpc) is 2.27. The number of aromatic nitrogens is 1. The Morgan fingerprint density at radius 1 is 1.41 bits per heavy atom. The van der Waals surface area contributed by atoms with Gasteiger partial charge in [0.25, 0.3) is 0 Å². The molecule has 1 rings (SSSR count). The van der Waals surface area contributed by atoms with E-state index in [1.807, 2.05) is 0 Å². The summed E-state index contributed by atoms with van der Waals surface area (Å²) in [4.78, 5) is 3.77. The number of pyridine rings is 1. The summed E-state index contributed by atoms with van der Waals surface area (Å²) in [5.74, 6) is 0.484. The normalized spacial score (nSPS) is 13.5. The zero-order valence-electron chi connectivity index (χ0n) is 8.94. The molecule has 0 spiro atoms. The molecule has 3 nitrogen and oxygen atoms in total. The lowest BCUT2D eigenvalue weighted by Crippen LogP contribution is -2.24. The lowest BCUT2D eigenvalue weighted by molar-refractivity contribution is -0.154. The summed E-state index contributed by atoms with van der Waals surface area (Å²) in [6.45, 7) is -1.34. The molecule has 0 aliphatic rings. The molecule has 2 N–H and O–H groups in total. The second-order valence-corrected chi connectivity index (χ2v) is 3.92. The van der Waals surface area contributed by atoms with E-state index in [9.17, 15) is 13.2 Å². The summed E-state index contributed by atoms with van der Waals surface area (Å²) in [6.07, 6.45) is -2.32. The molecule has 0 aliphatic heterocycles. The molecule has 0 aromatic carbocycles. The number of nitrogens with two attached hydrogens (primary N) is 1. The highest BCUT2D eigenvalue weighted by atomic mass is 32.1. The van der Waals surface area contributed by atoms with Gasteiger partial charge in [-0.2, -0.15) is 25.8 Å². The van der Waals surface area contributed by atoms with Crippen LogP contribution in [-0.2, 0) is 6.42 Å². The van der Waals surface area contributed by atoms with Crippen LogP contribution in [0.1, 0.15) is 5.56 Å². The standard InChI is InChI=1S/C10H13F3N2OS/c11-10(12,13)6-16-9-2-1-7(4-15-9)3-8(14)5-17/h1-2,4,8,17H,3,5-6,14H2. The maximum absolute atomic E-state index is 11.9. The molecule has 0 bridgehead atoms. The van der Waals surface area contributed by atoms with Gasteiger partial charge in [0.2, 0.25) is 5.88 Å². The predicted octanol–water partition coefficient (Wildman–Crippen LogP) is 1.82. The van der Waals surface area contributed by atoms with E-state index < -0.39 is 12.8 Å². The van der Waals surface area contributed by atoms with E-state index in [1.54, 1.807) is 6.07 Å². The minimum atomic E-state index is -4.35. The monoisotopic (exact) mass is 266 g/mol. The summed E-state index contributed by atoms with van der Waals surface area (Å²) < 4.78 is 40.1. The summed E-state index contributed by atoms with van der Waals surface area (Å²) in [7, 11) is 0. The van der Waals surface area contributed by atoms with Crippen LogP contribution in [-0.4, -0.2) is 29.6 Å². The van der Waals surface area contributed by atoms with Crippen LogP contribution in [0.2, 0.25) is 0 Å².